The van der Waals surface area contributed by atoms with E-state index in [2.05, 4.69) is 29.2 Å². The van der Waals surface area contributed by atoms with Gasteiger partial charge in [0.25, 0.3) is 0 Å². The number of aromatic amines is 1. The molecule has 2 heterocycles. The van der Waals surface area contributed by atoms with Crippen molar-refractivity contribution in [3.05, 3.63) is 66.1 Å². The predicted molar refractivity (Wildman–Crippen MR) is 104 cm³/mol. The maximum Gasteiger partial charge on any atom is 0.232 e. The highest BCUT2D eigenvalue weighted by atomic mass is 32.2. The summed E-state index contributed by atoms with van der Waals surface area (Å²) >= 11 is 1.47. The Hall–Kier alpha value is -2.27. The van der Waals surface area contributed by atoms with Crippen LogP contribution in [0.15, 0.2) is 59.5 Å². The number of amides is 1. The second-order valence-electron chi connectivity index (χ2n) is 6.71. The van der Waals surface area contributed by atoms with Gasteiger partial charge in [0, 0.05) is 35.1 Å². The summed E-state index contributed by atoms with van der Waals surface area (Å²) in [4.78, 5) is 18.8. The van der Waals surface area contributed by atoms with E-state index in [1.807, 2.05) is 11.0 Å². The minimum Gasteiger partial charge on any atom is -0.358 e. The Labute approximate surface area is 156 Å². The molecule has 1 fully saturated rings. The molecule has 1 aromatic heterocycles. The quantitative estimate of drug-likeness (QED) is 0.671. The van der Waals surface area contributed by atoms with E-state index in [4.69, 9.17) is 0 Å². The summed E-state index contributed by atoms with van der Waals surface area (Å²) in [5.41, 5.74) is 2.45. The van der Waals surface area contributed by atoms with Crippen molar-refractivity contribution in [2.45, 2.75) is 23.7 Å². The lowest BCUT2D eigenvalue weighted by Crippen LogP contribution is -2.39. The number of hydrogen-bond donors (Lipinski definition) is 1. The molecule has 26 heavy (non-hydrogen) atoms. The Balaban J connectivity index is 1.31. The Kier molecular flexibility index (Phi) is 4.98. The van der Waals surface area contributed by atoms with Crippen molar-refractivity contribution in [2.75, 3.05) is 18.8 Å². The lowest BCUT2D eigenvalue weighted by molar-refractivity contribution is -0.129. The second kappa shape index (κ2) is 7.54. The number of nitrogens with zero attached hydrogens (tertiary/aromatic N) is 1. The zero-order chi connectivity index (χ0) is 17.9. The largest absolute Gasteiger partial charge is 0.358 e. The van der Waals surface area contributed by atoms with Crippen LogP contribution in [-0.4, -0.2) is 34.6 Å². The van der Waals surface area contributed by atoms with Gasteiger partial charge in [0.1, 0.15) is 5.82 Å². The van der Waals surface area contributed by atoms with Crippen molar-refractivity contribution in [2.24, 2.45) is 0 Å². The molecular weight excluding hydrogens is 347 g/mol. The van der Waals surface area contributed by atoms with Gasteiger partial charge in [-0.2, -0.15) is 0 Å². The minimum atomic E-state index is -0.250. The first-order valence-electron chi connectivity index (χ1n) is 8.93. The van der Waals surface area contributed by atoms with Crippen LogP contribution >= 0.6 is 11.8 Å². The molecule has 0 saturated carbocycles. The molecule has 4 rings (SSSR count). The molecule has 0 atom stereocenters. The van der Waals surface area contributed by atoms with Crippen LogP contribution in [0, 0.1) is 5.82 Å². The van der Waals surface area contributed by atoms with Gasteiger partial charge in [-0.1, -0.05) is 18.2 Å². The molecule has 1 saturated heterocycles. The van der Waals surface area contributed by atoms with E-state index in [1.165, 1.54) is 40.5 Å². The zero-order valence-electron chi connectivity index (χ0n) is 14.5. The van der Waals surface area contributed by atoms with Crippen LogP contribution in [0.1, 0.15) is 24.5 Å². The summed E-state index contributed by atoms with van der Waals surface area (Å²) in [7, 11) is 0. The summed E-state index contributed by atoms with van der Waals surface area (Å²) in [5, 5.41) is 1.25. The lowest BCUT2D eigenvalue weighted by atomic mass is 9.93. The number of likely N-dealkylation sites (tertiary alicyclic amines) is 1. The number of rotatable bonds is 4. The molecule has 0 spiro atoms. The van der Waals surface area contributed by atoms with E-state index in [1.54, 1.807) is 12.1 Å². The average Bonchev–Trinajstić information content (AvgIpc) is 3.12. The average molecular weight is 368 g/mol. The van der Waals surface area contributed by atoms with Gasteiger partial charge in [0.15, 0.2) is 0 Å². The maximum atomic E-state index is 12.9. The molecule has 0 bridgehead atoms. The van der Waals surface area contributed by atoms with Gasteiger partial charge in [-0.25, -0.2) is 4.39 Å². The molecule has 3 aromatic rings. The highest BCUT2D eigenvalue weighted by Gasteiger charge is 2.24. The van der Waals surface area contributed by atoms with Crippen molar-refractivity contribution in [3.63, 3.8) is 0 Å². The molecule has 0 unspecified atom stereocenters. The third kappa shape index (κ3) is 3.78. The number of carbonyl (C=O) groups excluding carboxylic acids is 1. The predicted octanol–water partition coefficient (Wildman–Crippen LogP) is 4.81. The number of para-hydroxylation sites is 1. The van der Waals surface area contributed by atoms with E-state index in [-0.39, 0.29) is 11.7 Å². The summed E-state index contributed by atoms with van der Waals surface area (Å²) < 4.78 is 12.9. The van der Waals surface area contributed by atoms with Gasteiger partial charge in [-0.3, -0.25) is 4.79 Å². The standard InChI is InChI=1S/C21H21FN2OS/c22-17-5-7-18(8-6-17)26-14-21(25)24-11-9-15(10-12-24)20-13-16-3-1-2-4-19(16)23-20/h1-8,13,15,23H,9-12,14H2. The number of halogens is 1. The van der Waals surface area contributed by atoms with Crippen molar-refractivity contribution < 1.29 is 9.18 Å². The first-order valence-corrected chi connectivity index (χ1v) is 9.91. The molecule has 1 N–H and O–H groups in total. The number of H-pyrrole nitrogens is 1. The van der Waals surface area contributed by atoms with E-state index in [0.717, 1.165) is 30.8 Å². The number of nitrogens with one attached hydrogen (secondary N) is 1. The van der Waals surface area contributed by atoms with Crippen LogP contribution in [0.5, 0.6) is 0 Å². The number of thioether (sulfide) groups is 1. The van der Waals surface area contributed by atoms with Crippen molar-refractivity contribution in [3.8, 4) is 0 Å². The normalized spacial score (nSPS) is 15.5. The smallest absolute Gasteiger partial charge is 0.232 e. The lowest BCUT2D eigenvalue weighted by Gasteiger charge is -2.31. The molecule has 5 heteroatoms. The molecule has 3 nitrogen and oxygen atoms in total. The fraction of sp³-hybridized carbons (Fsp3) is 0.286. The summed E-state index contributed by atoms with van der Waals surface area (Å²) in [6, 6.07) is 16.9. The van der Waals surface area contributed by atoms with Crippen molar-refractivity contribution >= 4 is 28.6 Å². The molecule has 0 aliphatic carbocycles. The van der Waals surface area contributed by atoms with Gasteiger partial charge >= 0.3 is 0 Å². The SMILES string of the molecule is O=C(CSc1ccc(F)cc1)N1CCC(c2cc3ccccc3[nH]2)CC1. The third-order valence-electron chi connectivity index (χ3n) is 5.01. The number of fused-ring (bicyclic) bond motifs is 1. The molecule has 1 aliphatic heterocycles. The van der Waals surface area contributed by atoms with Crippen molar-refractivity contribution in [1.29, 1.82) is 0 Å². The summed E-state index contributed by atoms with van der Waals surface area (Å²) in [5.74, 6) is 0.799. The van der Waals surface area contributed by atoms with E-state index < -0.39 is 0 Å². The molecule has 134 valence electrons. The van der Waals surface area contributed by atoms with E-state index in [0.29, 0.717) is 11.7 Å². The fourth-order valence-electron chi connectivity index (χ4n) is 3.52. The van der Waals surface area contributed by atoms with Crippen LogP contribution in [0.2, 0.25) is 0 Å². The first kappa shape index (κ1) is 17.2. The van der Waals surface area contributed by atoms with Crippen LogP contribution in [-0.2, 0) is 4.79 Å². The number of aromatic nitrogens is 1. The Morgan fingerprint density at radius 2 is 1.85 bits per heavy atom. The number of carbonyl (C=O) groups is 1. The minimum absolute atomic E-state index is 0.162. The molecule has 0 radical (unpaired) electrons. The monoisotopic (exact) mass is 368 g/mol. The Morgan fingerprint density at radius 3 is 2.58 bits per heavy atom. The van der Waals surface area contributed by atoms with E-state index in [9.17, 15) is 9.18 Å². The summed E-state index contributed by atoms with van der Waals surface area (Å²) in [6.07, 6.45) is 1.97. The third-order valence-corrected chi connectivity index (χ3v) is 6.01. The van der Waals surface area contributed by atoms with Gasteiger partial charge in [-0.15, -0.1) is 11.8 Å². The van der Waals surface area contributed by atoms with Gasteiger partial charge in [0.05, 0.1) is 5.75 Å². The van der Waals surface area contributed by atoms with Gasteiger partial charge in [-0.05, 0) is 54.6 Å². The Bertz CT molecular complexity index is 865. The topological polar surface area (TPSA) is 36.1 Å². The first-order chi connectivity index (χ1) is 12.7. The number of hydrogen-bond acceptors (Lipinski definition) is 2. The summed E-state index contributed by atoms with van der Waals surface area (Å²) in [6.45, 7) is 1.59. The van der Waals surface area contributed by atoms with Crippen LogP contribution < -0.4 is 0 Å². The fourth-order valence-corrected chi connectivity index (χ4v) is 4.32. The van der Waals surface area contributed by atoms with Gasteiger partial charge in [0.2, 0.25) is 5.91 Å². The number of benzene rings is 2. The molecule has 2 aromatic carbocycles. The highest BCUT2D eigenvalue weighted by Crippen LogP contribution is 2.30. The second-order valence-corrected chi connectivity index (χ2v) is 7.76. The highest BCUT2D eigenvalue weighted by molar-refractivity contribution is 8.00. The van der Waals surface area contributed by atoms with Crippen molar-refractivity contribution in [1.82, 2.24) is 9.88 Å². The Morgan fingerprint density at radius 1 is 1.12 bits per heavy atom. The molecule has 1 aliphatic rings. The molecular formula is C21H21FN2OS. The maximum absolute atomic E-state index is 12.9. The van der Waals surface area contributed by atoms with E-state index >= 15 is 0 Å². The van der Waals surface area contributed by atoms with Crippen LogP contribution in [0.3, 0.4) is 0 Å². The number of piperidine rings is 1. The van der Waals surface area contributed by atoms with Crippen LogP contribution in [0.4, 0.5) is 4.39 Å². The van der Waals surface area contributed by atoms with Gasteiger partial charge < -0.3 is 9.88 Å². The molecule has 1 amide bonds. The zero-order valence-corrected chi connectivity index (χ0v) is 15.3. The van der Waals surface area contributed by atoms with Crippen LogP contribution in [0.25, 0.3) is 10.9 Å².